The first-order valence-electron chi connectivity index (χ1n) is 11.2. The van der Waals surface area contributed by atoms with E-state index >= 15 is 0 Å². The number of nitrogens with zero attached hydrogens (tertiary/aromatic N) is 3. The molecule has 1 aliphatic heterocycles. The second-order valence-corrected chi connectivity index (χ2v) is 9.38. The molecule has 2 heterocycles. The van der Waals surface area contributed by atoms with Gasteiger partial charge in [-0.15, -0.1) is 0 Å². The highest BCUT2D eigenvalue weighted by Crippen LogP contribution is 2.25. The van der Waals surface area contributed by atoms with Crippen LogP contribution >= 0.6 is 0 Å². The molecule has 1 aliphatic rings. The molecule has 0 aliphatic carbocycles. The topological polar surface area (TPSA) is 76.5 Å². The van der Waals surface area contributed by atoms with Crippen LogP contribution < -0.4 is 5.32 Å². The first kappa shape index (κ1) is 22.6. The number of fused-ring (bicyclic) bond motifs is 1. The van der Waals surface area contributed by atoms with Crippen LogP contribution in [0.2, 0.25) is 0 Å². The van der Waals surface area contributed by atoms with Gasteiger partial charge in [-0.3, -0.25) is 9.48 Å². The van der Waals surface area contributed by atoms with E-state index in [0.29, 0.717) is 30.8 Å². The van der Waals surface area contributed by atoms with E-state index in [4.69, 9.17) is 4.74 Å². The molecule has 0 saturated heterocycles. The van der Waals surface area contributed by atoms with Gasteiger partial charge >= 0.3 is 6.09 Å². The van der Waals surface area contributed by atoms with E-state index in [2.05, 4.69) is 10.4 Å². The third-order valence-corrected chi connectivity index (χ3v) is 5.65. The number of nitrogens with one attached hydrogen (secondary N) is 1. The molecule has 0 spiro atoms. The molecule has 0 saturated carbocycles. The molecule has 33 heavy (non-hydrogen) atoms. The number of benzene rings is 2. The predicted octanol–water partition coefficient (Wildman–Crippen LogP) is 4.56. The molecule has 3 aromatic rings. The molecule has 1 N–H and O–H groups in total. The monoisotopic (exact) mass is 446 g/mol. The molecule has 0 unspecified atom stereocenters. The Balaban J connectivity index is 1.48. The van der Waals surface area contributed by atoms with Crippen LogP contribution in [0.1, 0.15) is 53.5 Å². The van der Waals surface area contributed by atoms with Gasteiger partial charge < -0.3 is 15.0 Å². The maximum atomic E-state index is 13.1. The van der Waals surface area contributed by atoms with E-state index in [1.165, 1.54) is 5.56 Å². The van der Waals surface area contributed by atoms with E-state index in [9.17, 15) is 9.59 Å². The van der Waals surface area contributed by atoms with Gasteiger partial charge in [-0.25, -0.2) is 4.79 Å². The minimum absolute atomic E-state index is 0.200. The van der Waals surface area contributed by atoms with Gasteiger partial charge in [-0.2, -0.15) is 5.10 Å². The molecule has 7 nitrogen and oxygen atoms in total. The zero-order valence-corrected chi connectivity index (χ0v) is 19.6. The summed E-state index contributed by atoms with van der Waals surface area (Å²) in [6.07, 6.45) is 2.67. The summed E-state index contributed by atoms with van der Waals surface area (Å²) in [5.74, 6) is -0.200. The molecule has 0 bridgehead atoms. The number of amides is 2. The second-order valence-electron chi connectivity index (χ2n) is 9.38. The van der Waals surface area contributed by atoms with Crippen molar-refractivity contribution in [2.45, 2.75) is 45.8 Å². The number of carbonyl (C=O) groups excluding carboxylic acids is 2. The van der Waals surface area contributed by atoms with Crippen LogP contribution in [0.25, 0.3) is 0 Å². The van der Waals surface area contributed by atoms with Crippen molar-refractivity contribution in [3.8, 4) is 0 Å². The quantitative estimate of drug-likeness (QED) is 0.638. The molecule has 1 aromatic heterocycles. The summed E-state index contributed by atoms with van der Waals surface area (Å²) in [4.78, 5) is 27.3. The molecule has 2 amide bonds. The largest absolute Gasteiger partial charge is 0.444 e. The molecular formula is C26H30N4O3. The number of hydrogen-bond acceptors (Lipinski definition) is 4. The van der Waals surface area contributed by atoms with E-state index in [1.807, 2.05) is 76.3 Å². The Kier molecular flexibility index (Phi) is 6.22. The molecule has 0 radical (unpaired) electrons. The number of aryl methyl sites for hydroxylation is 1. The number of aromatic nitrogens is 2. The lowest BCUT2D eigenvalue weighted by Crippen LogP contribution is -2.39. The average Bonchev–Trinajstić information content (AvgIpc) is 3.13. The Bertz CT molecular complexity index is 1160. The van der Waals surface area contributed by atoms with Gasteiger partial charge in [0.15, 0.2) is 0 Å². The zero-order chi connectivity index (χ0) is 23.6. The smallest absolute Gasteiger partial charge is 0.410 e. The Morgan fingerprint density at radius 1 is 1.09 bits per heavy atom. The Morgan fingerprint density at radius 3 is 2.58 bits per heavy atom. The standard InChI is InChI=1S/C26H30N4O3/c1-26(2,3)33-25(32)30-13-12-19-10-11-21(15-20(19)17-30)28-24(31)22-16-27-29(4)23(22)14-18-8-6-5-7-9-18/h5-11,15-16H,12-14,17H2,1-4H3,(H,28,31). The summed E-state index contributed by atoms with van der Waals surface area (Å²) in [5.41, 5.74) is 4.88. The molecule has 0 fully saturated rings. The normalized spacial score (nSPS) is 13.4. The fourth-order valence-corrected chi connectivity index (χ4v) is 3.97. The maximum absolute atomic E-state index is 13.1. The summed E-state index contributed by atoms with van der Waals surface area (Å²) in [6, 6.07) is 15.9. The highest BCUT2D eigenvalue weighted by Gasteiger charge is 2.26. The van der Waals surface area contributed by atoms with Gasteiger partial charge in [0, 0.05) is 32.2 Å². The van der Waals surface area contributed by atoms with Crippen LogP contribution in [-0.4, -0.2) is 38.8 Å². The molecule has 7 heteroatoms. The molecule has 4 rings (SSSR count). The Morgan fingerprint density at radius 2 is 1.85 bits per heavy atom. The fourth-order valence-electron chi connectivity index (χ4n) is 3.97. The van der Waals surface area contributed by atoms with Crippen LogP contribution in [-0.2, 0) is 31.2 Å². The third kappa shape index (κ3) is 5.42. The van der Waals surface area contributed by atoms with E-state index in [-0.39, 0.29) is 12.0 Å². The number of rotatable bonds is 4. The van der Waals surface area contributed by atoms with Crippen molar-refractivity contribution < 1.29 is 14.3 Å². The van der Waals surface area contributed by atoms with Crippen molar-refractivity contribution in [3.63, 3.8) is 0 Å². The van der Waals surface area contributed by atoms with Crippen molar-refractivity contribution in [3.05, 3.63) is 82.7 Å². The van der Waals surface area contributed by atoms with Crippen LogP contribution in [0.3, 0.4) is 0 Å². The first-order chi connectivity index (χ1) is 15.7. The minimum atomic E-state index is -0.533. The van der Waals surface area contributed by atoms with Gasteiger partial charge in [0.25, 0.3) is 5.91 Å². The summed E-state index contributed by atoms with van der Waals surface area (Å²) in [6.45, 7) is 6.66. The Hall–Kier alpha value is -3.61. The first-order valence-corrected chi connectivity index (χ1v) is 11.2. The average molecular weight is 447 g/mol. The lowest BCUT2D eigenvalue weighted by molar-refractivity contribution is 0.0224. The maximum Gasteiger partial charge on any atom is 0.410 e. The molecule has 172 valence electrons. The van der Waals surface area contributed by atoms with Gasteiger partial charge in [-0.05, 0) is 56.0 Å². The molecule has 2 aromatic carbocycles. The number of ether oxygens (including phenoxy) is 1. The minimum Gasteiger partial charge on any atom is -0.444 e. The lowest BCUT2D eigenvalue weighted by atomic mass is 9.99. The summed E-state index contributed by atoms with van der Waals surface area (Å²) in [7, 11) is 1.85. The van der Waals surface area contributed by atoms with Gasteiger partial charge in [0.1, 0.15) is 5.60 Å². The molecular weight excluding hydrogens is 416 g/mol. The number of anilines is 1. The zero-order valence-electron chi connectivity index (χ0n) is 19.6. The van der Waals surface area contributed by atoms with Crippen molar-refractivity contribution in [1.82, 2.24) is 14.7 Å². The highest BCUT2D eigenvalue weighted by molar-refractivity contribution is 6.05. The van der Waals surface area contributed by atoms with Crippen LogP contribution in [0.4, 0.5) is 10.5 Å². The van der Waals surface area contributed by atoms with Crippen molar-refractivity contribution in [2.75, 3.05) is 11.9 Å². The molecule has 0 atom stereocenters. The van der Waals surface area contributed by atoms with E-state index in [1.54, 1.807) is 15.8 Å². The summed E-state index contributed by atoms with van der Waals surface area (Å²) < 4.78 is 7.26. The van der Waals surface area contributed by atoms with Crippen molar-refractivity contribution >= 4 is 17.7 Å². The predicted molar refractivity (Wildman–Crippen MR) is 127 cm³/mol. The van der Waals surface area contributed by atoms with Gasteiger partial charge in [0.05, 0.1) is 17.5 Å². The fraction of sp³-hybridized carbons (Fsp3) is 0.346. The second kappa shape index (κ2) is 9.10. The van der Waals surface area contributed by atoms with Crippen molar-refractivity contribution in [1.29, 1.82) is 0 Å². The van der Waals surface area contributed by atoms with Crippen LogP contribution in [0.15, 0.2) is 54.7 Å². The van der Waals surface area contributed by atoms with E-state index < -0.39 is 5.60 Å². The number of hydrogen-bond donors (Lipinski definition) is 1. The van der Waals surface area contributed by atoms with Gasteiger partial charge in [0.2, 0.25) is 0 Å². The van der Waals surface area contributed by atoms with Crippen molar-refractivity contribution in [2.24, 2.45) is 7.05 Å². The van der Waals surface area contributed by atoms with Gasteiger partial charge in [-0.1, -0.05) is 36.4 Å². The van der Waals surface area contributed by atoms with Crippen LogP contribution in [0, 0.1) is 0 Å². The number of carbonyl (C=O) groups is 2. The summed E-state index contributed by atoms with van der Waals surface area (Å²) in [5, 5.41) is 7.31. The van der Waals surface area contributed by atoms with Crippen LogP contribution in [0.5, 0.6) is 0 Å². The highest BCUT2D eigenvalue weighted by atomic mass is 16.6. The lowest BCUT2D eigenvalue weighted by Gasteiger charge is -2.31. The van der Waals surface area contributed by atoms with E-state index in [0.717, 1.165) is 23.2 Å². The summed E-state index contributed by atoms with van der Waals surface area (Å²) >= 11 is 0. The Labute approximate surface area is 194 Å². The SMILES string of the molecule is Cn1ncc(C(=O)Nc2ccc3c(c2)CN(C(=O)OC(C)(C)C)CC3)c1Cc1ccccc1. The third-order valence-electron chi connectivity index (χ3n) is 5.65.